The molecule has 100 valence electrons. The van der Waals surface area contributed by atoms with Crippen LogP contribution in [0.25, 0.3) is 0 Å². The molecular formula is C13H11N5O2. The standard InChI is InChI=1S/C13H11N5O2/c1-8-3-2-4-11(10(8)7-14)16-13-6-9(18(19)20)5-12(15)17-13/h2-6H,1H3,(H3,15,16,17). The van der Waals surface area contributed by atoms with Crippen LogP contribution in [0.3, 0.4) is 0 Å². The quantitative estimate of drug-likeness (QED) is 0.652. The van der Waals surface area contributed by atoms with Gasteiger partial charge in [-0.25, -0.2) is 4.98 Å². The predicted molar refractivity (Wildman–Crippen MR) is 74.5 cm³/mol. The van der Waals surface area contributed by atoms with Crippen molar-refractivity contribution in [1.29, 1.82) is 5.26 Å². The van der Waals surface area contributed by atoms with Crippen LogP contribution in [0.5, 0.6) is 0 Å². The van der Waals surface area contributed by atoms with Gasteiger partial charge in [0.25, 0.3) is 5.69 Å². The molecular weight excluding hydrogens is 258 g/mol. The van der Waals surface area contributed by atoms with Gasteiger partial charge in [0.2, 0.25) is 0 Å². The fourth-order valence-corrected chi connectivity index (χ4v) is 1.76. The molecule has 7 heteroatoms. The lowest BCUT2D eigenvalue weighted by Gasteiger charge is -2.09. The Bertz CT molecular complexity index is 721. The van der Waals surface area contributed by atoms with E-state index in [1.54, 1.807) is 25.1 Å². The Morgan fingerprint density at radius 1 is 1.45 bits per heavy atom. The maximum absolute atomic E-state index is 10.8. The number of nitriles is 1. The molecule has 1 aromatic heterocycles. The van der Waals surface area contributed by atoms with E-state index >= 15 is 0 Å². The monoisotopic (exact) mass is 269 g/mol. The van der Waals surface area contributed by atoms with E-state index in [1.165, 1.54) is 12.1 Å². The first-order chi connectivity index (χ1) is 9.51. The molecule has 0 saturated heterocycles. The van der Waals surface area contributed by atoms with Crippen LogP contribution in [0.2, 0.25) is 0 Å². The van der Waals surface area contributed by atoms with Gasteiger partial charge in [-0.2, -0.15) is 5.26 Å². The number of hydrogen-bond donors (Lipinski definition) is 2. The molecule has 20 heavy (non-hydrogen) atoms. The second-order valence-corrected chi connectivity index (χ2v) is 4.13. The average molecular weight is 269 g/mol. The van der Waals surface area contributed by atoms with Gasteiger partial charge >= 0.3 is 0 Å². The number of nitrogen functional groups attached to an aromatic ring is 1. The Hall–Kier alpha value is -3.14. The van der Waals surface area contributed by atoms with Crippen LogP contribution in [0.1, 0.15) is 11.1 Å². The minimum Gasteiger partial charge on any atom is -0.383 e. The Morgan fingerprint density at radius 2 is 2.20 bits per heavy atom. The SMILES string of the molecule is Cc1cccc(Nc2cc([N+](=O)[O-])cc(N)n2)c1C#N. The first kappa shape index (κ1) is 13.3. The molecule has 0 spiro atoms. The first-order valence-electron chi connectivity index (χ1n) is 5.70. The van der Waals surface area contributed by atoms with Gasteiger partial charge in [0.1, 0.15) is 17.7 Å². The lowest BCUT2D eigenvalue weighted by molar-refractivity contribution is -0.384. The van der Waals surface area contributed by atoms with Gasteiger partial charge < -0.3 is 11.1 Å². The van der Waals surface area contributed by atoms with Gasteiger partial charge in [0.05, 0.1) is 28.3 Å². The molecule has 3 N–H and O–H groups in total. The average Bonchev–Trinajstić information content (AvgIpc) is 2.38. The summed E-state index contributed by atoms with van der Waals surface area (Å²) in [5, 5.41) is 22.8. The lowest BCUT2D eigenvalue weighted by Crippen LogP contribution is -2.01. The fourth-order valence-electron chi connectivity index (χ4n) is 1.76. The van der Waals surface area contributed by atoms with E-state index < -0.39 is 4.92 Å². The number of aryl methyl sites for hydroxylation is 1. The number of nitro groups is 1. The molecule has 0 fully saturated rings. The summed E-state index contributed by atoms with van der Waals surface area (Å²) < 4.78 is 0. The minimum atomic E-state index is -0.551. The van der Waals surface area contributed by atoms with Crippen LogP contribution in [-0.4, -0.2) is 9.91 Å². The Labute approximate surface area is 114 Å². The molecule has 0 amide bonds. The van der Waals surface area contributed by atoms with Crippen molar-refractivity contribution in [3.8, 4) is 6.07 Å². The van der Waals surface area contributed by atoms with Crippen LogP contribution in [0.15, 0.2) is 30.3 Å². The molecule has 1 aromatic carbocycles. The highest BCUT2D eigenvalue weighted by atomic mass is 16.6. The van der Waals surface area contributed by atoms with Crippen LogP contribution in [0, 0.1) is 28.4 Å². The van der Waals surface area contributed by atoms with Crippen molar-refractivity contribution >= 4 is 23.0 Å². The predicted octanol–water partition coefficient (Wildman–Crippen LogP) is 2.50. The maximum atomic E-state index is 10.8. The van der Waals surface area contributed by atoms with Crippen molar-refractivity contribution in [3.05, 3.63) is 51.6 Å². The summed E-state index contributed by atoms with van der Waals surface area (Å²) in [4.78, 5) is 14.2. The molecule has 0 bridgehead atoms. The third-order valence-corrected chi connectivity index (χ3v) is 2.69. The fraction of sp³-hybridized carbons (Fsp3) is 0.0769. The summed E-state index contributed by atoms with van der Waals surface area (Å²) in [6, 6.07) is 9.80. The number of nitrogens with one attached hydrogen (secondary N) is 1. The molecule has 0 aliphatic carbocycles. The summed E-state index contributed by atoms with van der Waals surface area (Å²) in [5.41, 5.74) is 7.16. The number of benzene rings is 1. The molecule has 2 rings (SSSR count). The number of pyridine rings is 1. The molecule has 0 atom stereocenters. The van der Waals surface area contributed by atoms with E-state index in [-0.39, 0.29) is 17.3 Å². The van der Waals surface area contributed by atoms with Gasteiger partial charge in [0, 0.05) is 0 Å². The second-order valence-electron chi connectivity index (χ2n) is 4.13. The molecule has 0 aliphatic heterocycles. The Balaban J connectivity index is 2.43. The van der Waals surface area contributed by atoms with E-state index in [0.29, 0.717) is 11.3 Å². The molecule has 1 heterocycles. The number of aromatic nitrogens is 1. The van der Waals surface area contributed by atoms with E-state index in [0.717, 1.165) is 5.56 Å². The van der Waals surface area contributed by atoms with Crippen LogP contribution in [0.4, 0.5) is 23.0 Å². The highest BCUT2D eigenvalue weighted by Crippen LogP contribution is 2.25. The zero-order valence-corrected chi connectivity index (χ0v) is 10.6. The Morgan fingerprint density at radius 3 is 2.85 bits per heavy atom. The van der Waals surface area contributed by atoms with Gasteiger partial charge in [-0.05, 0) is 18.6 Å². The summed E-state index contributed by atoms with van der Waals surface area (Å²) >= 11 is 0. The number of hydrogen-bond acceptors (Lipinski definition) is 6. The summed E-state index contributed by atoms with van der Waals surface area (Å²) in [7, 11) is 0. The van der Waals surface area contributed by atoms with Crippen LogP contribution < -0.4 is 11.1 Å². The Kier molecular flexibility index (Phi) is 3.48. The molecule has 0 radical (unpaired) electrons. The minimum absolute atomic E-state index is 0.0351. The third kappa shape index (κ3) is 2.64. The topological polar surface area (TPSA) is 118 Å². The molecule has 2 aromatic rings. The molecule has 0 aliphatic rings. The van der Waals surface area contributed by atoms with E-state index in [2.05, 4.69) is 16.4 Å². The first-order valence-corrected chi connectivity index (χ1v) is 5.70. The summed E-state index contributed by atoms with van der Waals surface area (Å²) in [5.74, 6) is 0.256. The number of nitrogens with two attached hydrogens (primary N) is 1. The van der Waals surface area contributed by atoms with E-state index in [9.17, 15) is 10.1 Å². The van der Waals surface area contributed by atoms with Crippen molar-refractivity contribution in [1.82, 2.24) is 4.98 Å². The van der Waals surface area contributed by atoms with Gasteiger partial charge in [-0.1, -0.05) is 12.1 Å². The largest absolute Gasteiger partial charge is 0.383 e. The van der Waals surface area contributed by atoms with Gasteiger partial charge in [-0.3, -0.25) is 10.1 Å². The number of anilines is 3. The van der Waals surface area contributed by atoms with Crippen molar-refractivity contribution in [2.45, 2.75) is 6.92 Å². The zero-order valence-electron chi connectivity index (χ0n) is 10.6. The highest BCUT2D eigenvalue weighted by molar-refractivity contribution is 5.68. The van der Waals surface area contributed by atoms with E-state index in [1.807, 2.05) is 0 Å². The number of nitrogens with zero attached hydrogens (tertiary/aromatic N) is 3. The van der Waals surface area contributed by atoms with E-state index in [4.69, 9.17) is 11.0 Å². The second kappa shape index (κ2) is 5.24. The van der Waals surface area contributed by atoms with Gasteiger partial charge in [0.15, 0.2) is 0 Å². The smallest absolute Gasteiger partial charge is 0.276 e. The maximum Gasteiger partial charge on any atom is 0.276 e. The molecule has 0 unspecified atom stereocenters. The van der Waals surface area contributed by atoms with Crippen LogP contribution >= 0.6 is 0 Å². The van der Waals surface area contributed by atoms with Crippen molar-refractivity contribution < 1.29 is 4.92 Å². The lowest BCUT2D eigenvalue weighted by atomic mass is 10.1. The van der Waals surface area contributed by atoms with Crippen molar-refractivity contribution in [3.63, 3.8) is 0 Å². The number of rotatable bonds is 3. The van der Waals surface area contributed by atoms with Gasteiger partial charge in [-0.15, -0.1) is 0 Å². The summed E-state index contributed by atoms with van der Waals surface area (Å²) in [6.07, 6.45) is 0. The van der Waals surface area contributed by atoms with Crippen LogP contribution in [-0.2, 0) is 0 Å². The third-order valence-electron chi connectivity index (χ3n) is 2.69. The highest BCUT2D eigenvalue weighted by Gasteiger charge is 2.11. The zero-order chi connectivity index (χ0) is 14.7. The molecule has 7 nitrogen and oxygen atoms in total. The molecule has 0 saturated carbocycles. The van der Waals surface area contributed by atoms with Crippen molar-refractivity contribution in [2.75, 3.05) is 11.1 Å². The van der Waals surface area contributed by atoms with Crippen molar-refractivity contribution in [2.24, 2.45) is 0 Å². The summed E-state index contributed by atoms with van der Waals surface area (Å²) in [6.45, 7) is 1.80. The normalized spacial score (nSPS) is 9.80.